The molecule has 78 valence electrons. The number of nitriles is 1. The predicted octanol–water partition coefficient (Wildman–Crippen LogP) is 0.914. The van der Waals surface area contributed by atoms with Crippen molar-refractivity contribution in [2.24, 2.45) is 0 Å². The minimum Gasteiger partial charge on any atom is -0.394 e. The Morgan fingerprint density at radius 3 is 3.27 bits per heavy atom. The lowest BCUT2D eigenvalue weighted by molar-refractivity contribution is 0.266. The number of hydrogen-bond acceptors (Lipinski definition) is 4. The number of aliphatic hydroxyl groups excluding tert-OH is 1. The molecule has 2 heterocycles. The van der Waals surface area contributed by atoms with E-state index in [0.29, 0.717) is 5.69 Å². The molecule has 4 nitrogen and oxygen atoms in total. The summed E-state index contributed by atoms with van der Waals surface area (Å²) in [5.74, 6) is 0. The first-order chi connectivity index (χ1) is 7.36. The molecular formula is C11H13N3O. The van der Waals surface area contributed by atoms with Crippen molar-refractivity contribution in [3.8, 4) is 6.07 Å². The van der Waals surface area contributed by atoms with E-state index in [4.69, 9.17) is 5.26 Å². The monoisotopic (exact) mass is 203 g/mol. The normalized spacial score (nSPS) is 20.3. The largest absolute Gasteiger partial charge is 0.394 e. The third-order valence-corrected chi connectivity index (χ3v) is 2.79. The summed E-state index contributed by atoms with van der Waals surface area (Å²) in [5.41, 5.74) is 1.29. The Balaban J connectivity index is 2.33. The molecule has 0 saturated carbocycles. The molecule has 0 amide bonds. The highest BCUT2D eigenvalue weighted by molar-refractivity contribution is 5.57. The summed E-state index contributed by atoms with van der Waals surface area (Å²) in [6.45, 7) is 1.03. The molecule has 1 aromatic rings. The molecule has 1 N–H and O–H groups in total. The van der Waals surface area contributed by atoms with Crippen LogP contribution in [-0.2, 0) is 0 Å². The number of aromatic nitrogens is 1. The van der Waals surface area contributed by atoms with E-state index in [1.807, 2.05) is 12.1 Å². The van der Waals surface area contributed by atoms with Crippen LogP contribution in [0.5, 0.6) is 0 Å². The third kappa shape index (κ3) is 1.79. The van der Waals surface area contributed by atoms with Gasteiger partial charge in [0.15, 0.2) is 5.69 Å². The van der Waals surface area contributed by atoms with E-state index < -0.39 is 0 Å². The quantitative estimate of drug-likeness (QED) is 0.776. The fourth-order valence-electron chi connectivity index (χ4n) is 2.06. The van der Waals surface area contributed by atoms with Gasteiger partial charge in [-0.3, -0.25) is 0 Å². The topological polar surface area (TPSA) is 60.2 Å². The van der Waals surface area contributed by atoms with Crippen molar-refractivity contribution in [2.45, 2.75) is 18.9 Å². The fraction of sp³-hybridized carbons (Fsp3) is 0.455. The van der Waals surface area contributed by atoms with Gasteiger partial charge in [0.2, 0.25) is 0 Å². The Morgan fingerprint density at radius 1 is 1.67 bits per heavy atom. The Hall–Kier alpha value is -1.60. The van der Waals surface area contributed by atoms with Gasteiger partial charge < -0.3 is 10.0 Å². The van der Waals surface area contributed by atoms with Crippen molar-refractivity contribution in [1.29, 1.82) is 5.26 Å². The maximum Gasteiger partial charge on any atom is 0.163 e. The summed E-state index contributed by atoms with van der Waals surface area (Å²) in [4.78, 5) is 6.10. The molecule has 15 heavy (non-hydrogen) atoms. The first-order valence-electron chi connectivity index (χ1n) is 5.09. The van der Waals surface area contributed by atoms with Crippen molar-refractivity contribution < 1.29 is 5.11 Å². The predicted molar refractivity (Wildman–Crippen MR) is 56.4 cm³/mol. The number of pyridine rings is 1. The molecule has 0 aliphatic carbocycles. The van der Waals surface area contributed by atoms with Crippen LogP contribution in [-0.4, -0.2) is 29.3 Å². The lowest BCUT2D eigenvalue weighted by Crippen LogP contribution is -2.32. The van der Waals surface area contributed by atoms with Crippen LogP contribution in [0.25, 0.3) is 0 Å². The van der Waals surface area contributed by atoms with Crippen LogP contribution >= 0.6 is 0 Å². The maximum absolute atomic E-state index is 9.22. The highest BCUT2D eigenvalue weighted by Gasteiger charge is 2.25. The second-order valence-electron chi connectivity index (χ2n) is 3.65. The maximum atomic E-state index is 9.22. The van der Waals surface area contributed by atoms with Gasteiger partial charge in [0.05, 0.1) is 18.3 Å². The van der Waals surface area contributed by atoms with Gasteiger partial charge in [0.25, 0.3) is 0 Å². The van der Waals surface area contributed by atoms with Crippen LogP contribution in [0.1, 0.15) is 18.5 Å². The van der Waals surface area contributed by atoms with Crippen LogP contribution in [0.4, 0.5) is 5.69 Å². The molecule has 1 aromatic heterocycles. The van der Waals surface area contributed by atoms with Gasteiger partial charge in [0, 0.05) is 12.7 Å². The van der Waals surface area contributed by atoms with Crippen molar-refractivity contribution in [2.75, 3.05) is 18.1 Å². The molecule has 4 heteroatoms. The molecule has 0 bridgehead atoms. The van der Waals surface area contributed by atoms with E-state index in [1.165, 1.54) is 0 Å². The van der Waals surface area contributed by atoms with Crippen LogP contribution in [0.15, 0.2) is 18.3 Å². The van der Waals surface area contributed by atoms with Gasteiger partial charge in [-0.15, -0.1) is 0 Å². The minimum absolute atomic E-state index is 0.139. The zero-order chi connectivity index (χ0) is 10.7. The molecule has 2 rings (SSSR count). The van der Waals surface area contributed by atoms with Crippen LogP contribution in [0.2, 0.25) is 0 Å². The smallest absolute Gasteiger partial charge is 0.163 e. The van der Waals surface area contributed by atoms with Crippen molar-refractivity contribution >= 4 is 5.69 Å². The molecule has 1 unspecified atom stereocenters. The first kappa shape index (κ1) is 9.94. The van der Waals surface area contributed by atoms with Gasteiger partial charge in [-0.1, -0.05) is 0 Å². The number of aliphatic hydroxyl groups is 1. The molecule has 1 atom stereocenters. The van der Waals surface area contributed by atoms with E-state index >= 15 is 0 Å². The fourth-order valence-corrected chi connectivity index (χ4v) is 2.06. The molecule has 0 radical (unpaired) electrons. The van der Waals surface area contributed by atoms with E-state index in [0.717, 1.165) is 25.1 Å². The van der Waals surface area contributed by atoms with E-state index in [9.17, 15) is 5.11 Å². The van der Waals surface area contributed by atoms with E-state index in [2.05, 4.69) is 16.0 Å². The molecule has 1 fully saturated rings. The van der Waals surface area contributed by atoms with E-state index in [-0.39, 0.29) is 12.6 Å². The number of anilines is 1. The van der Waals surface area contributed by atoms with Crippen molar-refractivity contribution in [1.82, 2.24) is 4.98 Å². The van der Waals surface area contributed by atoms with Crippen LogP contribution in [0.3, 0.4) is 0 Å². The molecule has 0 spiro atoms. The van der Waals surface area contributed by atoms with Gasteiger partial charge in [-0.2, -0.15) is 5.26 Å². The summed E-state index contributed by atoms with van der Waals surface area (Å²) < 4.78 is 0. The van der Waals surface area contributed by atoms with Gasteiger partial charge >= 0.3 is 0 Å². The zero-order valence-corrected chi connectivity index (χ0v) is 8.43. The van der Waals surface area contributed by atoms with Crippen molar-refractivity contribution in [3.05, 3.63) is 24.0 Å². The minimum atomic E-state index is 0.139. The second-order valence-corrected chi connectivity index (χ2v) is 3.65. The lowest BCUT2D eigenvalue weighted by atomic mass is 10.2. The summed E-state index contributed by atoms with van der Waals surface area (Å²) in [7, 11) is 0. The molecular weight excluding hydrogens is 190 g/mol. The molecule has 1 saturated heterocycles. The average molecular weight is 203 g/mol. The summed E-state index contributed by atoms with van der Waals surface area (Å²) >= 11 is 0. The Kier molecular flexibility index (Phi) is 2.84. The lowest BCUT2D eigenvalue weighted by Gasteiger charge is -2.25. The highest BCUT2D eigenvalue weighted by Crippen LogP contribution is 2.26. The van der Waals surface area contributed by atoms with Crippen molar-refractivity contribution in [3.63, 3.8) is 0 Å². The Labute approximate surface area is 88.8 Å². The number of hydrogen-bond donors (Lipinski definition) is 1. The summed E-state index contributed by atoms with van der Waals surface area (Å²) in [6.07, 6.45) is 3.66. The van der Waals surface area contributed by atoms with E-state index in [1.54, 1.807) is 6.20 Å². The number of nitrogens with zero attached hydrogens (tertiary/aromatic N) is 3. The summed E-state index contributed by atoms with van der Waals surface area (Å²) in [6, 6.07) is 5.93. The van der Waals surface area contributed by atoms with Gasteiger partial charge in [-0.05, 0) is 25.0 Å². The Bertz CT molecular complexity index is 386. The third-order valence-electron chi connectivity index (χ3n) is 2.79. The summed E-state index contributed by atoms with van der Waals surface area (Å²) in [5, 5.41) is 18.2. The molecule has 1 aliphatic rings. The first-order valence-corrected chi connectivity index (χ1v) is 5.09. The number of rotatable bonds is 2. The zero-order valence-electron chi connectivity index (χ0n) is 8.43. The van der Waals surface area contributed by atoms with Crippen LogP contribution < -0.4 is 4.90 Å². The second kappa shape index (κ2) is 4.28. The van der Waals surface area contributed by atoms with Gasteiger partial charge in [0.1, 0.15) is 6.07 Å². The standard InChI is InChI=1S/C11H13N3O/c12-7-10-11(4-1-5-13-10)14-6-2-3-9(14)8-15/h1,4-5,9,15H,2-3,6,8H2. The Morgan fingerprint density at radius 2 is 2.53 bits per heavy atom. The van der Waals surface area contributed by atoms with Gasteiger partial charge in [-0.25, -0.2) is 4.98 Å². The molecule has 1 aliphatic heterocycles. The highest BCUT2D eigenvalue weighted by atomic mass is 16.3. The SMILES string of the molecule is N#Cc1ncccc1N1CCCC1CO. The van der Waals surface area contributed by atoms with Crippen LogP contribution in [0, 0.1) is 11.3 Å². The molecule has 0 aromatic carbocycles. The average Bonchev–Trinajstić information content (AvgIpc) is 2.76.